The molecule has 1 saturated heterocycles. The van der Waals surface area contributed by atoms with E-state index in [-0.39, 0.29) is 11.9 Å². The molecule has 0 spiro atoms. The summed E-state index contributed by atoms with van der Waals surface area (Å²) in [7, 11) is 0. The first-order valence-corrected chi connectivity index (χ1v) is 10.3. The minimum Gasteiger partial charge on any atom is -0.465 e. The Labute approximate surface area is 164 Å². The summed E-state index contributed by atoms with van der Waals surface area (Å²) in [5.41, 5.74) is 1.10. The van der Waals surface area contributed by atoms with E-state index < -0.39 is 6.09 Å². The molecule has 1 unspecified atom stereocenters. The van der Waals surface area contributed by atoms with Gasteiger partial charge in [-0.2, -0.15) is 0 Å². The highest BCUT2D eigenvalue weighted by Crippen LogP contribution is 2.29. The SMILES string of the molecule is CCc1ccc(C(=O)NC(CC2CCN(C(=O)O)CC2)c2ccccc2)s1. The van der Waals surface area contributed by atoms with Gasteiger partial charge in [-0.05, 0) is 49.3 Å². The van der Waals surface area contributed by atoms with Gasteiger partial charge in [-0.3, -0.25) is 4.79 Å². The van der Waals surface area contributed by atoms with Crippen molar-refractivity contribution in [1.29, 1.82) is 0 Å². The average Bonchev–Trinajstić information content (AvgIpc) is 3.18. The molecule has 6 heteroatoms. The number of hydrogen-bond donors (Lipinski definition) is 2. The lowest BCUT2D eigenvalue weighted by Gasteiger charge is -2.32. The maximum atomic E-state index is 12.8. The van der Waals surface area contributed by atoms with Crippen LogP contribution in [0.4, 0.5) is 4.79 Å². The van der Waals surface area contributed by atoms with E-state index in [1.807, 2.05) is 42.5 Å². The zero-order valence-electron chi connectivity index (χ0n) is 15.6. The maximum absolute atomic E-state index is 12.8. The molecule has 5 nitrogen and oxygen atoms in total. The molecule has 0 radical (unpaired) electrons. The van der Waals surface area contributed by atoms with E-state index in [0.717, 1.165) is 36.1 Å². The lowest BCUT2D eigenvalue weighted by Crippen LogP contribution is -2.39. The zero-order valence-corrected chi connectivity index (χ0v) is 16.4. The molecule has 2 N–H and O–H groups in total. The molecule has 2 amide bonds. The van der Waals surface area contributed by atoms with Crippen LogP contribution in [0.3, 0.4) is 0 Å². The van der Waals surface area contributed by atoms with Gasteiger partial charge in [-0.25, -0.2) is 4.79 Å². The van der Waals surface area contributed by atoms with Gasteiger partial charge >= 0.3 is 6.09 Å². The molecular weight excluding hydrogens is 360 g/mol. The van der Waals surface area contributed by atoms with Crippen LogP contribution in [-0.2, 0) is 6.42 Å². The number of benzene rings is 1. The van der Waals surface area contributed by atoms with Gasteiger partial charge in [0.25, 0.3) is 5.91 Å². The standard InChI is InChI=1S/C21H26N2O3S/c1-2-17-8-9-19(27-17)20(24)22-18(16-6-4-3-5-7-16)14-15-10-12-23(13-11-15)21(25)26/h3-9,15,18H,2,10-14H2,1H3,(H,22,24)(H,25,26). The quantitative estimate of drug-likeness (QED) is 0.764. The van der Waals surface area contributed by atoms with E-state index in [9.17, 15) is 9.59 Å². The largest absolute Gasteiger partial charge is 0.465 e. The number of rotatable bonds is 6. The molecule has 27 heavy (non-hydrogen) atoms. The van der Waals surface area contributed by atoms with Crippen molar-refractivity contribution in [3.8, 4) is 0 Å². The molecular formula is C21H26N2O3S. The molecule has 1 aromatic carbocycles. The second-order valence-corrected chi connectivity index (χ2v) is 8.17. The molecule has 1 aliphatic heterocycles. The number of carbonyl (C=O) groups is 2. The first kappa shape index (κ1) is 19.4. The molecule has 1 aliphatic rings. The molecule has 0 bridgehead atoms. The van der Waals surface area contributed by atoms with Crippen LogP contribution >= 0.6 is 11.3 Å². The number of thiophene rings is 1. The monoisotopic (exact) mass is 386 g/mol. The summed E-state index contributed by atoms with van der Waals surface area (Å²) >= 11 is 1.54. The van der Waals surface area contributed by atoms with Crippen LogP contribution in [0, 0.1) is 5.92 Å². The topological polar surface area (TPSA) is 69.6 Å². The number of piperidine rings is 1. The van der Waals surface area contributed by atoms with Crippen molar-refractivity contribution in [3.63, 3.8) is 0 Å². The molecule has 0 saturated carbocycles. The summed E-state index contributed by atoms with van der Waals surface area (Å²) in [5.74, 6) is 0.372. The number of aryl methyl sites for hydroxylation is 1. The van der Waals surface area contributed by atoms with Crippen LogP contribution in [0.5, 0.6) is 0 Å². The van der Waals surface area contributed by atoms with E-state index in [0.29, 0.717) is 19.0 Å². The van der Waals surface area contributed by atoms with Gasteiger partial charge in [0, 0.05) is 18.0 Å². The molecule has 2 aromatic rings. The Hall–Kier alpha value is -2.34. The molecule has 1 aromatic heterocycles. The van der Waals surface area contributed by atoms with Crippen LogP contribution < -0.4 is 5.32 Å². The molecule has 1 fully saturated rings. The lowest BCUT2D eigenvalue weighted by molar-refractivity contribution is 0.0926. The molecule has 3 rings (SSSR count). The van der Waals surface area contributed by atoms with E-state index in [2.05, 4.69) is 12.2 Å². The first-order chi connectivity index (χ1) is 13.1. The number of likely N-dealkylation sites (tertiary alicyclic amines) is 1. The summed E-state index contributed by atoms with van der Waals surface area (Å²) in [6.45, 7) is 3.23. The van der Waals surface area contributed by atoms with E-state index in [1.54, 1.807) is 11.3 Å². The van der Waals surface area contributed by atoms with Crippen molar-refractivity contribution in [2.24, 2.45) is 5.92 Å². The fraction of sp³-hybridized carbons (Fsp3) is 0.429. The molecule has 1 atom stereocenters. The normalized spacial score (nSPS) is 16.1. The van der Waals surface area contributed by atoms with Crippen LogP contribution in [0.15, 0.2) is 42.5 Å². The Morgan fingerprint density at radius 1 is 1.19 bits per heavy atom. The van der Waals surface area contributed by atoms with Gasteiger partial charge in [0.05, 0.1) is 10.9 Å². The number of hydrogen-bond acceptors (Lipinski definition) is 3. The third-order valence-corrected chi connectivity index (χ3v) is 6.42. The summed E-state index contributed by atoms with van der Waals surface area (Å²) in [4.78, 5) is 27.3. The Kier molecular flexibility index (Phi) is 6.50. The number of carbonyl (C=O) groups excluding carboxylic acids is 1. The fourth-order valence-electron chi connectivity index (χ4n) is 3.58. The average molecular weight is 387 g/mol. The van der Waals surface area contributed by atoms with Gasteiger partial charge < -0.3 is 15.3 Å². The maximum Gasteiger partial charge on any atom is 0.407 e. The lowest BCUT2D eigenvalue weighted by atomic mass is 9.87. The van der Waals surface area contributed by atoms with Crippen LogP contribution in [-0.4, -0.2) is 35.1 Å². The summed E-state index contributed by atoms with van der Waals surface area (Å²) in [5, 5.41) is 12.3. The minimum atomic E-state index is -0.842. The highest BCUT2D eigenvalue weighted by Gasteiger charge is 2.26. The predicted octanol–water partition coefficient (Wildman–Crippen LogP) is 4.56. The van der Waals surface area contributed by atoms with Gasteiger partial charge in [-0.1, -0.05) is 37.3 Å². The van der Waals surface area contributed by atoms with E-state index in [1.165, 1.54) is 9.78 Å². The minimum absolute atomic E-state index is 0.0310. The van der Waals surface area contributed by atoms with Crippen molar-refractivity contribution in [2.45, 2.75) is 38.6 Å². The Morgan fingerprint density at radius 3 is 2.48 bits per heavy atom. The second-order valence-electron chi connectivity index (χ2n) is 7.00. The van der Waals surface area contributed by atoms with Crippen molar-refractivity contribution in [1.82, 2.24) is 10.2 Å². The first-order valence-electron chi connectivity index (χ1n) is 9.49. The number of amides is 2. The summed E-state index contributed by atoms with van der Waals surface area (Å²) in [6.07, 6.45) is 2.60. The third-order valence-electron chi connectivity index (χ3n) is 5.20. The van der Waals surface area contributed by atoms with Crippen molar-refractivity contribution >= 4 is 23.3 Å². The van der Waals surface area contributed by atoms with Crippen LogP contribution in [0.2, 0.25) is 0 Å². The van der Waals surface area contributed by atoms with E-state index >= 15 is 0 Å². The van der Waals surface area contributed by atoms with Crippen molar-refractivity contribution in [3.05, 3.63) is 57.8 Å². The summed E-state index contributed by atoms with van der Waals surface area (Å²) in [6, 6.07) is 13.9. The molecule has 2 heterocycles. The highest BCUT2D eigenvalue weighted by atomic mass is 32.1. The number of nitrogens with zero attached hydrogens (tertiary/aromatic N) is 1. The van der Waals surface area contributed by atoms with Crippen molar-refractivity contribution in [2.75, 3.05) is 13.1 Å². The van der Waals surface area contributed by atoms with Crippen molar-refractivity contribution < 1.29 is 14.7 Å². The fourth-order valence-corrected chi connectivity index (χ4v) is 4.43. The Balaban J connectivity index is 1.68. The Morgan fingerprint density at radius 2 is 1.89 bits per heavy atom. The number of nitrogens with one attached hydrogen (secondary N) is 1. The predicted molar refractivity (Wildman–Crippen MR) is 107 cm³/mol. The van der Waals surface area contributed by atoms with E-state index in [4.69, 9.17) is 5.11 Å². The molecule has 144 valence electrons. The second kappa shape index (κ2) is 9.04. The van der Waals surface area contributed by atoms with Crippen LogP contribution in [0.25, 0.3) is 0 Å². The van der Waals surface area contributed by atoms with Gasteiger partial charge in [0.15, 0.2) is 0 Å². The van der Waals surface area contributed by atoms with Gasteiger partial charge in [0.1, 0.15) is 0 Å². The Bertz CT molecular complexity index is 767. The zero-order chi connectivity index (χ0) is 19.2. The molecule has 0 aliphatic carbocycles. The van der Waals surface area contributed by atoms with Gasteiger partial charge in [-0.15, -0.1) is 11.3 Å². The smallest absolute Gasteiger partial charge is 0.407 e. The van der Waals surface area contributed by atoms with Gasteiger partial charge in [0.2, 0.25) is 0 Å². The summed E-state index contributed by atoms with van der Waals surface area (Å²) < 4.78 is 0. The number of carboxylic acid groups (broad SMARTS) is 1. The highest BCUT2D eigenvalue weighted by molar-refractivity contribution is 7.14. The van der Waals surface area contributed by atoms with Crippen LogP contribution in [0.1, 0.15) is 52.3 Å². The third kappa shape index (κ3) is 5.10.